The summed E-state index contributed by atoms with van der Waals surface area (Å²) in [6.45, 7) is 4.80. The quantitative estimate of drug-likeness (QED) is 0.625. The fourth-order valence-electron chi connectivity index (χ4n) is 9.48. The molecule has 31 heavy (non-hydrogen) atoms. The number of likely N-dealkylation sites (tertiary alicyclic amines) is 1. The van der Waals surface area contributed by atoms with Gasteiger partial charge in [-0.3, -0.25) is 4.90 Å². The average molecular weight is 436 g/mol. The zero-order chi connectivity index (χ0) is 21.7. The number of aliphatic hydroxyl groups excluding tert-OH is 2. The summed E-state index contributed by atoms with van der Waals surface area (Å²) in [4.78, 5) is 2.50. The monoisotopic (exact) mass is 435 g/mol. The second kappa shape index (κ2) is 6.98. The molecule has 2 aliphatic heterocycles. The van der Waals surface area contributed by atoms with Crippen LogP contribution < -0.4 is 0 Å². The van der Waals surface area contributed by atoms with Gasteiger partial charge in [-0.05, 0) is 37.3 Å². The molecule has 0 radical (unpaired) electrons. The van der Waals surface area contributed by atoms with Crippen LogP contribution in [0.5, 0.6) is 0 Å². The maximum Gasteiger partial charge on any atom is 0.120 e. The van der Waals surface area contributed by atoms with Gasteiger partial charge in [0.05, 0.1) is 31.0 Å². The van der Waals surface area contributed by atoms with Crippen molar-refractivity contribution in [3.05, 3.63) is 11.6 Å². The molecule has 5 fully saturated rings. The highest BCUT2D eigenvalue weighted by atomic mass is 16.5. The van der Waals surface area contributed by atoms with Gasteiger partial charge in [0.1, 0.15) is 12.3 Å². The van der Waals surface area contributed by atoms with Crippen molar-refractivity contribution >= 4 is 0 Å². The zero-order valence-corrected chi connectivity index (χ0v) is 19.1. The minimum atomic E-state index is -0.686. The number of piperidine rings is 1. The minimum Gasteiger partial charge on any atom is -0.392 e. The standard InChI is InChI=1S/C24H37NO6/c1-5-25-10-23(11-28-2)7-6-16(29-3)24-14-8-13-18(26)17(14)12(19(27)20(13)30-4)9-15(21(23)24)31-22(24)25/h9,13-22,26-27H,5-8,10-11H2,1-4H3/t13-,14-,15+,16+,17-,18+,19+,20-,21-,22-,23+,24+/m1/s1. The third kappa shape index (κ3) is 2.29. The normalized spacial score (nSPS) is 57.0. The van der Waals surface area contributed by atoms with Gasteiger partial charge in [-0.1, -0.05) is 13.0 Å². The Labute approximate surface area is 184 Å². The lowest BCUT2D eigenvalue weighted by molar-refractivity contribution is -0.246. The van der Waals surface area contributed by atoms with Crippen LogP contribution in [0.4, 0.5) is 0 Å². The lowest BCUT2D eigenvalue weighted by atomic mass is 9.46. The fourth-order valence-corrected chi connectivity index (χ4v) is 9.48. The van der Waals surface area contributed by atoms with Gasteiger partial charge >= 0.3 is 0 Å². The molecule has 6 aliphatic rings. The van der Waals surface area contributed by atoms with Gasteiger partial charge in [-0.25, -0.2) is 0 Å². The van der Waals surface area contributed by atoms with Crippen molar-refractivity contribution in [1.82, 2.24) is 4.90 Å². The van der Waals surface area contributed by atoms with Gasteiger partial charge in [0, 0.05) is 56.5 Å². The molecule has 4 aliphatic carbocycles. The first-order valence-corrected chi connectivity index (χ1v) is 12.0. The Morgan fingerprint density at radius 3 is 2.71 bits per heavy atom. The Kier molecular flexibility index (Phi) is 4.74. The third-order valence-corrected chi connectivity index (χ3v) is 10.2. The van der Waals surface area contributed by atoms with E-state index in [9.17, 15) is 10.2 Å². The summed E-state index contributed by atoms with van der Waals surface area (Å²) in [7, 11) is 5.30. The summed E-state index contributed by atoms with van der Waals surface area (Å²) < 4.78 is 24.8. The number of ether oxygens (including phenoxy) is 4. The molecule has 2 heterocycles. The van der Waals surface area contributed by atoms with Gasteiger partial charge < -0.3 is 29.2 Å². The van der Waals surface area contributed by atoms with Crippen molar-refractivity contribution in [2.24, 2.45) is 34.5 Å². The van der Waals surface area contributed by atoms with Gasteiger partial charge in [0.2, 0.25) is 0 Å². The SMILES string of the molecule is CCN1C[C@]2(COC)CC[C@H](OC)[C@]34[C@@H]5C[C@@H]6[C@H](O)[C@@H]5C(=C[C@H](O[C@@H]13)[C@H]24)[C@H](O)[C@@H]6OC. The molecule has 6 rings (SSSR count). The lowest BCUT2D eigenvalue weighted by Crippen LogP contribution is -2.71. The number of hydrogen-bond donors (Lipinski definition) is 2. The number of nitrogens with zero attached hydrogens (tertiary/aromatic N) is 1. The van der Waals surface area contributed by atoms with Gasteiger partial charge in [-0.15, -0.1) is 0 Å². The van der Waals surface area contributed by atoms with Crippen LogP contribution in [-0.2, 0) is 18.9 Å². The fraction of sp³-hybridized carbons (Fsp3) is 0.917. The van der Waals surface area contributed by atoms with E-state index in [2.05, 4.69) is 17.9 Å². The first-order valence-electron chi connectivity index (χ1n) is 12.0. The van der Waals surface area contributed by atoms with E-state index in [4.69, 9.17) is 18.9 Å². The second-order valence-corrected chi connectivity index (χ2v) is 10.9. The van der Waals surface area contributed by atoms with E-state index in [1.165, 1.54) is 0 Å². The third-order valence-electron chi connectivity index (χ3n) is 10.2. The summed E-state index contributed by atoms with van der Waals surface area (Å²) in [6.07, 6.45) is 3.41. The molecule has 0 spiro atoms. The molecule has 7 nitrogen and oxygen atoms in total. The first kappa shape index (κ1) is 21.0. The van der Waals surface area contributed by atoms with E-state index in [1.54, 1.807) is 14.2 Å². The average Bonchev–Trinajstić information content (AvgIpc) is 3.11. The molecule has 0 amide bonds. The number of fused-ring (bicyclic) bond motifs is 1. The van der Waals surface area contributed by atoms with Crippen LogP contribution in [0.3, 0.4) is 0 Å². The maximum absolute atomic E-state index is 11.4. The molecule has 174 valence electrons. The van der Waals surface area contributed by atoms with Crippen molar-refractivity contribution in [2.75, 3.05) is 41.0 Å². The van der Waals surface area contributed by atoms with E-state index in [-0.39, 0.29) is 59.0 Å². The number of rotatable bonds is 5. The van der Waals surface area contributed by atoms with Crippen LogP contribution >= 0.6 is 0 Å². The topological polar surface area (TPSA) is 80.6 Å². The Balaban J connectivity index is 1.60. The zero-order valence-electron chi connectivity index (χ0n) is 19.1. The maximum atomic E-state index is 11.4. The van der Waals surface area contributed by atoms with Gasteiger partial charge in [0.25, 0.3) is 0 Å². The molecule has 3 saturated carbocycles. The lowest BCUT2D eigenvalue weighted by Gasteiger charge is -2.64. The smallest absolute Gasteiger partial charge is 0.120 e. The van der Waals surface area contributed by atoms with Crippen molar-refractivity contribution < 1.29 is 29.2 Å². The van der Waals surface area contributed by atoms with Crippen molar-refractivity contribution in [3.8, 4) is 0 Å². The summed E-state index contributed by atoms with van der Waals surface area (Å²) >= 11 is 0. The Morgan fingerprint density at radius 1 is 1.23 bits per heavy atom. The molecule has 2 N–H and O–H groups in total. The van der Waals surface area contributed by atoms with Crippen molar-refractivity contribution in [1.29, 1.82) is 0 Å². The number of methoxy groups -OCH3 is 3. The van der Waals surface area contributed by atoms with Crippen LogP contribution in [-0.4, -0.2) is 92.9 Å². The molecular formula is C24H37NO6. The summed E-state index contributed by atoms with van der Waals surface area (Å²) in [5.74, 6) is 0.324. The summed E-state index contributed by atoms with van der Waals surface area (Å²) in [5.41, 5.74) is 0.689. The highest BCUT2D eigenvalue weighted by molar-refractivity contribution is 5.36. The number of hydrogen-bond acceptors (Lipinski definition) is 7. The van der Waals surface area contributed by atoms with Crippen LogP contribution in [0.1, 0.15) is 26.2 Å². The molecule has 0 aromatic heterocycles. The van der Waals surface area contributed by atoms with Crippen LogP contribution in [0.25, 0.3) is 0 Å². The minimum absolute atomic E-state index is 0.0121. The Morgan fingerprint density at radius 2 is 2.03 bits per heavy atom. The largest absolute Gasteiger partial charge is 0.392 e. The van der Waals surface area contributed by atoms with Crippen LogP contribution in [0.15, 0.2) is 11.6 Å². The molecular weight excluding hydrogens is 398 g/mol. The van der Waals surface area contributed by atoms with Gasteiger partial charge in [-0.2, -0.15) is 0 Å². The first-order chi connectivity index (χ1) is 15.0. The highest BCUT2D eigenvalue weighted by Gasteiger charge is 2.78. The van der Waals surface area contributed by atoms with E-state index < -0.39 is 12.2 Å². The molecule has 12 atom stereocenters. The second-order valence-electron chi connectivity index (χ2n) is 10.9. The molecule has 0 unspecified atom stereocenters. The molecule has 0 aromatic rings. The van der Waals surface area contributed by atoms with Crippen LogP contribution in [0, 0.1) is 34.5 Å². The predicted molar refractivity (Wildman–Crippen MR) is 112 cm³/mol. The van der Waals surface area contributed by atoms with Crippen LogP contribution in [0.2, 0.25) is 0 Å². The van der Waals surface area contributed by atoms with Crippen molar-refractivity contribution in [2.45, 2.75) is 62.9 Å². The predicted octanol–water partition coefficient (Wildman–Crippen LogP) is 1.03. The molecule has 2 saturated heterocycles. The summed E-state index contributed by atoms with van der Waals surface area (Å²) in [6, 6.07) is 0. The number of aliphatic hydroxyl groups is 2. The highest BCUT2D eigenvalue weighted by Crippen LogP contribution is 2.73. The van der Waals surface area contributed by atoms with E-state index in [0.29, 0.717) is 6.61 Å². The van der Waals surface area contributed by atoms with E-state index in [0.717, 1.165) is 37.9 Å². The van der Waals surface area contributed by atoms with E-state index in [1.807, 2.05) is 7.11 Å². The Hall–Kier alpha value is -0.540. The van der Waals surface area contributed by atoms with Gasteiger partial charge in [0.15, 0.2) is 0 Å². The summed E-state index contributed by atoms with van der Waals surface area (Å²) in [5, 5.41) is 22.7. The van der Waals surface area contributed by atoms with Crippen molar-refractivity contribution in [3.63, 3.8) is 0 Å². The Bertz CT molecular complexity index is 775. The van der Waals surface area contributed by atoms with E-state index >= 15 is 0 Å². The molecule has 7 bridgehead atoms. The molecule has 0 aromatic carbocycles. The molecule has 7 heteroatoms.